The minimum atomic E-state index is -4.56. The number of amides is 1. The summed E-state index contributed by atoms with van der Waals surface area (Å²) in [5, 5.41) is 15.7. The molecule has 1 N–H and O–H groups in total. The molecular weight excluding hydrogens is 453 g/mol. The van der Waals surface area contributed by atoms with Gasteiger partial charge in [-0.15, -0.1) is 10.2 Å². The van der Waals surface area contributed by atoms with Crippen molar-refractivity contribution in [2.24, 2.45) is 14.1 Å². The van der Waals surface area contributed by atoms with Crippen molar-refractivity contribution in [3.63, 3.8) is 0 Å². The molecule has 0 atom stereocenters. The SMILES string of the molecule is Cn1cc(-c2nnc(SCC(=O)Nc3ccccc3C(F)(F)F)n2C)c(-c2ccccc2)n1. The molecule has 0 saturated carbocycles. The Bertz CT molecular complexity index is 1280. The van der Waals surface area contributed by atoms with Gasteiger partial charge in [0.2, 0.25) is 5.91 Å². The van der Waals surface area contributed by atoms with Gasteiger partial charge >= 0.3 is 6.18 Å². The molecule has 2 aromatic heterocycles. The van der Waals surface area contributed by atoms with Crippen molar-refractivity contribution in [2.45, 2.75) is 11.3 Å². The summed E-state index contributed by atoms with van der Waals surface area (Å²) in [7, 11) is 3.57. The van der Waals surface area contributed by atoms with Crippen LogP contribution in [0.25, 0.3) is 22.6 Å². The van der Waals surface area contributed by atoms with Gasteiger partial charge in [0.15, 0.2) is 11.0 Å². The van der Waals surface area contributed by atoms with Gasteiger partial charge in [0.1, 0.15) is 5.69 Å². The third kappa shape index (κ3) is 4.92. The molecule has 0 unspecified atom stereocenters. The van der Waals surface area contributed by atoms with Crippen LogP contribution in [-0.4, -0.2) is 36.2 Å². The number of rotatable bonds is 6. The molecule has 2 aromatic carbocycles. The Morgan fingerprint density at radius 1 is 1.03 bits per heavy atom. The summed E-state index contributed by atoms with van der Waals surface area (Å²) < 4.78 is 42.8. The molecule has 2 heterocycles. The lowest BCUT2D eigenvalue weighted by atomic mass is 10.1. The Morgan fingerprint density at radius 2 is 1.73 bits per heavy atom. The van der Waals surface area contributed by atoms with E-state index in [1.165, 1.54) is 18.2 Å². The first-order valence-corrected chi connectivity index (χ1v) is 10.8. The molecule has 4 aromatic rings. The van der Waals surface area contributed by atoms with Gasteiger partial charge < -0.3 is 9.88 Å². The van der Waals surface area contributed by atoms with Crippen LogP contribution >= 0.6 is 11.8 Å². The molecular formula is C22H19F3N6OS. The zero-order valence-corrected chi connectivity index (χ0v) is 18.5. The number of carbonyl (C=O) groups excluding carboxylic acids is 1. The van der Waals surface area contributed by atoms with E-state index in [0.29, 0.717) is 11.0 Å². The molecule has 11 heteroatoms. The van der Waals surface area contributed by atoms with Gasteiger partial charge in [-0.1, -0.05) is 54.2 Å². The van der Waals surface area contributed by atoms with Crippen LogP contribution in [0.4, 0.5) is 18.9 Å². The van der Waals surface area contributed by atoms with Crippen molar-refractivity contribution in [1.29, 1.82) is 0 Å². The molecule has 0 fully saturated rings. The average Bonchev–Trinajstić information content (AvgIpc) is 3.34. The first-order valence-electron chi connectivity index (χ1n) is 9.81. The molecule has 4 rings (SSSR count). The quantitative estimate of drug-likeness (QED) is 0.414. The third-order valence-electron chi connectivity index (χ3n) is 4.79. The molecule has 1 amide bonds. The average molecular weight is 472 g/mol. The monoisotopic (exact) mass is 472 g/mol. The second-order valence-corrected chi connectivity index (χ2v) is 8.12. The molecule has 33 heavy (non-hydrogen) atoms. The topological polar surface area (TPSA) is 77.6 Å². The van der Waals surface area contributed by atoms with E-state index in [0.717, 1.165) is 34.6 Å². The van der Waals surface area contributed by atoms with E-state index in [2.05, 4.69) is 20.6 Å². The van der Waals surface area contributed by atoms with Crippen LogP contribution < -0.4 is 5.32 Å². The van der Waals surface area contributed by atoms with Crippen LogP contribution in [0.5, 0.6) is 0 Å². The van der Waals surface area contributed by atoms with Crippen molar-refractivity contribution in [3.05, 3.63) is 66.4 Å². The summed E-state index contributed by atoms with van der Waals surface area (Å²) >= 11 is 1.08. The molecule has 0 aliphatic heterocycles. The normalized spacial score (nSPS) is 11.5. The molecule has 0 bridgehead atoms. The lowest BCUT2D eigenvalue weighted by Gasteiger charge is -2.13. The van der Waals surface area contributed by atoms with Crippen LogP contribution in [-0.2, 0) is 25.1 Å². The number of thioether (sulfide) groups is 1. The van der Waals surface area contributed by atoms with Crippen molar-refractivity contribution in [1.82, 2.24) is 24.5 Å². The van der Waals surface area contributed by atoms with E-state index < -0.39 is 17.6 Å². The number of anilines is 1. The number of hydrogen-bond acceptors (Lipinski definition) is 5. The number of carbonyl (C=O) groups is 1. The van der Waals surface area contributed by atoms with Crippen molar-refractivity contribution in [2.75, 3.05) is 11.1 Å². The summed E-state index contributed by atoms with van der Waals surface area (Å²) in [5.41, 5.74) is 1.26. The standard InChI is InChI=1S/C22H19F3N6OS/c1-30-12-15(19(29-30)14-8-4-3-5-9-14)20-27-28-21(31(20)2)33-13-18(32)26-17-11-7-6-10-16(17)22(23,24)25/h3-12H,13H2,1-2H3,(H,26,32). The second-order valence-electron chi connectivity index (χ2n) is 7.18. The number of benzene rings is 2. The fourth-order valence-corrected chi connectivity index (χ4v) is 4.00. The molecule has 0 spiro atoms. The van der Waals surface area contributed by atoms with E-state index >= 15 is 0 Å². The Balaban J connectivity index is 1.50. The van der Waals surface area contributed by atoms with Gasteiger partial charge in [0.05, 0.1) is 22.6 Å². The zero-order chi connectivity index (χ0) is 23.6. The highest BCUT2D eigenvalue weighted by molar-refractivity contribution is 7.99. The third-order valence-corrected chi connectivity index (χ3v) is 5.81. The minimum Gasteiger partial charge on any atom is -0.325 e. The van der Waals surface area contributed by atoms with Crippen molar-refractivity contribution in [3.8, 4) is 22.6 Å². The summed E-state index contributed by atoms with van der Waals surface area (Å²) in [6, 6.07) is 14.5. The number of para-hydroxylation sites is 1. The maximum Gasteiger partial charge on any atom is 0.418 e. The fraction of sp³-hybridized carbons (Fsp3) is 0.182. The van der Waals surface area contributed by atoms with Crippen LogP contribution in [0.3, 0.4) is 0 Å². The minimum absolute atomic E-state index is 0.128. The summed E-state index contributed by atoms with van der Waals surface area (Å²) in [4.78, 5) is 12.3. The number of aryl methyl sites for hydroxylation is 1. The maximum atomic E-state index is 13.1. The zero-order valence-electron chi connectivity index (χ0n) is 17.7. The van der Waals surface area contributed by atoms with Crippen LogP contribution in [0, 0.1) is 0 Å². The summed E-state index contributed by atoms with van der Waals surface area (Å²) in [6.07, 6.45) is -2.72. The Kier molecular flexibility index (Phi) is 6.23. The highest BCUT2D eigenvalue weighted by atomic mass is 32.2. The van der Waals surface area contributed by atoms with Crippen LogP contribution in [0.1, 0.15) is 5.56 Å². The molecule has 0 saturated heterocycles. The number of alkyl halides is 3. The Morgan fingerprint density at radius 3 is 2.45 bits per heavy atom. The van der Waals surface area contributed by atoms with Gasteiger partial charge in [0, 0.05) is 25.9 Å². The molecule has 0 aliphatic rings. The van der Waals surface area contributed by atoms with E-state index in [9.17, 15) is 18.0 Å². The van der Waals surface area contributed by atoms with Gasteiger partial charge in [0.25, 0.3) is 0 Å². The second kappa shape index (κ2) is 9.10. The molecule has 7 nitrogen and oxygen atoms in total. The smallest absolute Gasteiger partial charge is 0.325 e. The Hall–Kier alpha value is -3.60. The van der Waals surface area contributed by atoms with E-state index in [1.54, 1.807) is 16.3 Å². The fourth-order valence-electron chi connectivity index (χ4n) is 3.29. The molecule has 0 aliphatic carbocycles. The van der Waals surface area contributed by atoms with E-state index in [4.69, 9.17) is 0 Å². The van der Waals surface area contributed by atoms with Gasteiger partial charge in [-0.05, 0) is 12.1 Å². The molecule has 170 valence electrons. The Labute approximate surface area is 191 Å². The van der Waals surface area contributed by atoms with Crippen molar-refractivity contribution >= 4 is 23.4 Å². The predicted octanol–water partition coefficient (Wildman–Crippen LogP) is 4.63. The number of aromatic nitrogens is 5. The highest BCUT2D eigenvalue weighted by Gasteiger charge is 2.33. The van der Waals surface area contributed by atoms with Crippen LogP contribution in [0.15, 0.2) is 66.0 Å². The van der Waals surface area contributed by atoms with Crippen molar-refractivity contribution < 1.29 is 18.0 Å². The lowest BCUT2D eigenvalue weighted by molar-refractivity contribution is -0.137. The number of nitrogens with zero attached hydrogens (tertiary/aromatic N) is 5. The molecule has 0 radical (unpaired) electrons. The first-order chi connectivity index (χ1) is 15.7. The summed E-state index contributed by atoms with van der Waals surface area (Å²) in [5.74, 6) is -0.142. The summed E-state index contributed by atoms with van der Waals surface area (Å²) in [6.45, 7) is 0. The number of halogens is 3. The van der Waals surface area contributed by atoms with Gasteiger partial charge in [-0.25, -0.2) is 0 Å². The largest absolute Gasteiger partial charge is 0.418 e. The van der Waals surface area contributed by atoms with Crippen LogP contribution in [0.2, 0.25) is 0 Å². The number of hydrogen-bond donors (Lipinski definition) is 1. The van der Waals surface area contributed by atoms with E-state index in [-0.39, 0.29) is 11.4 Å². The lowest BCUT2D eigenvalue weighted by Crippen LogP contribution is -2.18. The van der Waals surface area contributed by atoms with Gasteiger partial charge in [-0.2, -0.15) is 18.3 Å². The van der Waals surface area contributed by atoms with Gasteiger partial charge in [-0.3, -0.25) is 9.48 Å². The maximum absolute atomic E-state index is 13.1. The predicted molar refractivity (Wildman–Crippen MR) is 119 cm³/mol. The highest BCUT2D eigenvalue weighted by Crippen LogP contribution is 2.35. The first kappa shape index (κ1) is 22.6. The number of nitrogens with one attached hydrogen (secondary N) is 1. The van der Waals surface area contributed by atoms with E-state index in [1.807, 2.05) is 43.6 Å².